The van der Waals surface area contributed by atoms with Gasteiger partial charge in [-0.15, -0.1) is 6.42 Å². The highest BCUT2D eigenvalue weighted by molar-refractivity contribution is 5.69. The predicted molar refractivity (Wildman–Crippen MR) is 64.1 cm³/mol. The Labute approximate surface area is 99.1 Å². The number of ether oxygens (including phenoxy) is 1. The quantitative estimate of drug-likeness (QED) is 0.736. The molecule has 0 N–H and O–H groups in total. The van der Waals surface area contributed by atoms with Crippen molar-refractivity contribution in [3.63, 3.8) is 0 Å². The van der Waals surface area contributed by atoms with Gasteiger partial charge in [0.15, 0.2) is 0 Å². The third-order valence-electron chi connectivity index (χ3n) is 2.37. The zero-order valence-electron chi connectivity index (χ0n) is 9.27. The summed E-state index contributed by atoms with van der Waals surface area (Å²) in [5.41, 5.74) is 2.11. The van der Waals surface area contributed by atoms with Gasteiger partial charge in [-0.25, -0.2) is 4.39 Å². The van der Waals surface area contributed by atoms with Crippen LogP contribution in [0, 0.1) is 18.2 Å². The van der Waals surface area contributed by atoms with Crippen LogP contribution < -0.4 is 4.74 Å². The molecule has 0 aliphatic heterocycles. The molecule has 0 spiro atoms. The molecule has 0 saturated carbocycles. The van der Waals surface area contributed by atoms with E-state index in [1.807, 2.05) is 0 Å². The number of pyridine rings is 1. The Balaban J connectivity index is 2.56. The van der Waals surface area contributed by atoms with Crippen molar-refractivity contribution in [2.24, 2.45) is 0 Å². The molecule has 1 heterocycles. The van der Waals surface area contributed by atoms with Gasteiger partial charge in [0.25, 0.3) is 0 Å². The number of aromatic nitrogens is 1. The molecular weight excluding hydrogens is 217 g/mol. The first-order valence-electron chi connectivity index (χ1n) is 5.01. The van der Waals surface area contributed by atoms with Gasteiger partial charge >= 0.3 is 0 Å². The molecule has 2 rings (SSSR count). The topological polar surface area (TPSA) is 22.1 Å². The van der Waals surface area contributed by atoms with Crippen LogP contribution in [0.5, 0.6) is 5.75 Å². The van der Waals surface area contributed by atoms with Crippen LogP contribution in [0.1, 0.15) is 5.56 Å². The van der Waals surface area contributed by atoms with Crippen molar-refractivity contribution < 1.29 is 9.13 Å². The molecule has 0 amide bonds. The smallest absolute Gasteiger partial charge is 0.141 e. The van der Waals surface area contributed by atoms with Gasteiger partial charge in [0.05, 0.1) is 19.0 Å². The molecule has 1 aromatic carbocycles. The summed E-state index contributed by atoms with van der Waals surface area (Å²) in [6.07, 6.45) is 6.51. The summed E-state index contributed by atoms with van der Waals surface area (Å²) in [6, 6.07) is 8.29. The third-order valence-corrected chi connectivity index (χ3v) is 2.37. The van der Waals surface area contributed by atoms with Crippen LogP contribution in [0.4, 0.5) is 4.39 Å². The molecule has 0 unspecified atom stereocenters. The maximum atomic E-state index is 12.8. The highest BCUT2D eigenvalue weighted by Gasteiger charge is 2.07. The molecule has 0 saturated heterocycles. The van der Waals surface area contributed by atoms with Crippen LogP contribution in [-0.4, -0.2) is 12.1 Å². The first-order valence-corrected chi connectivity index (χ1v) is 5.01. The van der Waals surface area contributed by atoms with E-state index in [9.17, 15) is 4.39 Å². The Bertz CT molecular complexity index is 570. The maximum absolute atomic E-state index is 12.8. The van der Waals surface area contributed by atoms with E-state index in [1.165, 1.54) is 6.07 Å². The van der Waals surface area contributed by atoms with Crippen molar-refractivity contribution in [3.05, 3.63) is 47.9 Å². The normalized spacial score (nSPS) is 9.71. The SMILES string of the molecule is C#Cc1ccc(OC)c(-c2ccc(F)cn2)c1. The van der Waals surface area contributed by atoms with Gasteiger partial charge in [-0.2, -0.15) is 0 Å². The van der Waals surface area contributed by atoms with E-state index >= 15 is 0 Å². The van der Waals surface area contributed by atoms with E-state index < -0.39 is 0 Å². The monoisotopic (exact) mass is 227 g/mol. The molecular formula is C14H10FNO. The molecule has 1 aromatic heterocycles. The third kappa shape index (κ3) is 2.26. The van der Waals surface area contributed by atoms with Gasteiger partial charge in [-0.3, -0.25) is 4.98 Å². The molecule has 0 fully saturated rings. The maximum Gasteiger partial charge on any atom is 0.141 e. The zero-order chi connectivity index (χ0) is 12.3. The molecule has 0 radical (unpaired) electrons. The Morgan fingerprint density at radius 1 is 1.29 bits per heavy atom. The van der Waals surface area contributed by atoms with E-state index in [-0.39, 0.29) is 5.82 Å². The highest BCUT2D eigenvalue weighted by Crippen LogP contribution is 2.29. The van der Waals surface area contributed by atoms with E-state index in [0.717, 1.165) is 17.3 Å². The van der Waals surface area contributed by atoms with Crippen molar-refractivity contribution >= 4 is 0 Å². The van der Waals surface area contributed by atoms with Crippen LogP contribution in [0.15, 0.2) is 36.5 Å². The summed E-state index contributed by atoms with van der Waals surface area (Å²) in [7, 11) is 1.57. The van der Waals surface area contributed by atoms with Gasteiger partial charge in [0.2, 0.25) is 0 Å². The van der Waals surface area contributed by atoms with Crippen LogP contribution in [0.25, 0.3) is 11.3 Å². The summed E-state index contributed by atoms with van der Waals surface area (Å²) in [5.74, 6) is 2.82. The second kappa shape index (κ2) is 4.67. The van der Waals surface area contributed by atoms with Crippen LogP contribution in [0.3, 0.4) is 0 Å². The lowest BCUT2D eigenvalue weighted by atomic mass is 10.1. The minimum atomic E-state index is -0.374. The van der Waals surface area contributed by atoms with Gasteiger partial charge in [-0.05, 0) is 30.3 Å². The number of methoxy groups -OCH3 is 1. The average molecular weight is 227 g/mol. The number of benzene rings is 1. The van der Waals surface area contributed by atoms with Crippen LogP contribution >= 0.6 is 0 Å². The molecule has 0 aliphatic rings. The fourth-order valence-electron chi connectivity index (χ4n) is 1.53. The standard InChI is InChI=1S/C14H10FNO/c1-3-10-4-7-14(17-2)12(8-10)13-6-5-11(15)9-16-13/h1,4-9H,2H3. The first kappa shape index (κ1) is 11.2. The van der Waals surface area contributed by atoms with Gasteiger partial charge < -0.3 is 4.74 Å². The first-order chi connectivity index (χ1) is 8.24. The molecule has 0 atom stereocenters. The summed E-state index contributed by atoms with van der Waals surface area (Å²) in [4.78, 5) is 4.01. The Morgan fingerprint density at radius 3 is 2.71 bits per heavy atom. The molecule has 17 heavy (non-hydrogen) atoms. The highest BCUT2D eigenvalue weighted by atomic mass is 19.1. The lowest BCUT2D eigenvalue weighted by Gasteiger charge is -2.08. The van der Waals surface area contributed by atoms with E-state index in [2.05, 4.69) is 10.9 Å². The molecule has 3 heteroatoms. The molecule has 0 bridgehead atoms. The van der Waals surface area contributed by atoms with Crippen LogP contribution in [-0.2, 0) is 0 Å². The minimum Gasteiger partial charge on any atom is -0.496 e. The number of rotatable bonds is 2. The summed E-state index contributed by atoms with van der Waals surface area (Å²) >= 11 is 0. The Kier molecular flexibility index (Phi) is 3.06. The van der Waals surface area contributed by atoms with Gasteiger partial charge in [-0.1, -0.05) is 5.92 Å². The van der Waals surface area contributed by atoms with Crippen molar-refractivity contribution in [2.75, 3.05) is 7.11 Å². The van der Waals surface area contributed by atoms with E-state index in [4.69, 9.17) is 11.2 Å². The number of hydrogen-bond acceptors (Lipinski definition) is 2. The summed E-state index contributed by atoms with van der Waals surface area (Å²) in [6.45, 7) is 0. The lowest BCUT2D eigenvalue weighted by Crippen LogP contribution is -1.91. The number of nitrogens with zero attached hydrogens (tertiary/aromatic N) is 1. The van der Waals surface area contributed by atoms with Crippen molar-refractivity contribution in [1.82, 2.24) is 4.98 Å². The summed E-state index contributed by atoms with van der Waals surface area (Å²) in [5, 5.41) is 0. The Morgan fingerprint density at radius 2 is 2.12 bits per heavy atom. The van der Waals surface area contributed by atoms with E-state index in [0.29, 0.717) is 11.4 Å². The number of hydrogen-bond donors (Lipinski definition) is 0. The molecule has 2 aromatic rings. The average Bonchev–Trinajstić information content (AvgIpc) is 2.39. The molecule has 2 nitrogen and oxygen atoms in total. The van der Waals surface area contributed by atoms with Gasteiger partial charge in [0, 0.05) is 11.1 Å². The van der Waals surface area contributed by atoms with E-state index in [1.54, 1.807) is 31.4 Å². The fourth-order valence-corrected chi connectivity index (χ4v) is 1.53. The Hall–Kier alpha value is -2.34. The molecule has 0 aliphatic carbocycles. The number of halogens is 1. The number of terminal acetylenes is 1. The zero-order valence-corrected chi connectivity index (χ0v) is 9.27. The second-order valence-corrected chi connectivity index (χ2v) is 3.42. The second-order valence-electron chi connectivity index (χ2n) is 3.42. The van der Waals surface area contributed by atoms with Crippen molar-refractivity contribution in [1.29, 1.82) is 0 Å². The summed E-state index contributed by atoms with van der Waals surface area (Å²) < 4.78 is 18.0. The largest absolute Gasteiger partial charge is 0.496 e. The predicted octanol–water partition coefficient (Wildman–Crippen LogP) is 2.88. The van der Waals surface area contributed by atoms with Crippen molar-refractivity contribution in [3.8, 4) is 29.4 Å². The van der Waals surface area contributed by atoms with Gasteiger partial charge in [0.1, 0.15) is 11.6 Å². The fraction of sp³-hybridized carbons (Fsp3) is 0.0714. The molecule has 84 valence electrons. The lowest BCUT2D eigenvalue weighted by molar-refractivity contribution is 0.416. The minimum absolute atomic E-state index is 0.374. The van der Waals surface area contributed by atoms with Crippen LogP contribution in [0.2, 0.25) is 0 Å². The van der Waals surface area contributed by atoms with Crippen molar-refractivity contribution in [2.45, 2.75) is 0 Å².